The Balaban J connectivity index is 0.000000133. The van der Waals surface area contributed by atoms with E-state index in [1.807, 2.05) is 92.7 Å². The molecule has 706 valence electrons. The van der Waals surface area contributed by atoms with Gasteiger partial charge >= 0.3 is 27.8 Å². The van der Waals surface area contributed by atoms with Crippen molar-refractivity contribution in [2.24, 2.45) is 0 Å². The third-order valence-electron chi connectivity index (χ3n) is 23.8. The lowest BCUT2D eigenvalue weighted by molar-refractivity contribution is -0.192. The monoisotopic (exact) mass is 1860 g/mol. The number of nitrogen functional groups attached to an aromatic ring is 3. The van der Waals surface area contributed by atoms with Crippen LogP contribution in [0.2, 0.25) is 0 Å². The first-order chi connectivity index (χ1) is 62.7. The lowest BCUT2D eigenvalue weighted by Crippen LogP contribution is -2.48. The summed E-state index contributed by atoms with van der Waals surface area (Å²) in [4.78, 5) is 69.8. The number of carboxylic acids is 1. The van der Waals surface area contributed by atoms with Crippen LogP contribution in [0.4, 0.5) is 106 Å². The van der Waals surface area contributed by atoms with E-state index >= 15 is 0 Å². The molecule has 18 N–H and O–H groups in total. The first-order valence-electron chi connectivity index (χ1n) is 42.2. The highest BCUT2D eigenvalue weighted by atomic mass is 32.2. The number of phenols is 8. The Bertz CT molecular complexity index is 5850. The van der Waals surface area contributed by atoms with Gasteiger partial charge in [0.2, 0.25) is 5.91 Å². The van der Waals surface area contributed by atoms with Crippen molar-refractivity contribution in [1.82, 2.24) is 14.7 Å². The summed E-state index contributed by atoms with van der Waals surface area (Å²) in [5, 5.41) is 92.0. The molecule has 33 nitrogen and oxygen atoms in total. The van der Waals surface area contributed by atoms with Crippen LogP contribution in [-0.4, -0.2) is 190 Å². The zero-order valence-corrected chi connectivity index (χ0v) is 74.8. The summed E-state index contributed by atoms with van der Waals surface area (Å²) in [5.74, 6) is -1.34. The largest absolute Gasteiger partial charge is 0.522 e. The molecule has 0 aliphatic carbocycles. The van der Waals surface area contributed by atoms with E-state index in [1.54, 1.807) is 72.8 Å². The first-order valence-corrected chi connectivity index (χ1v) is 43.6. The van der Waals surface area contributed by atoms with Crippen LogP contribution in [0.3, 0.4) is 0 Å². The van der Waals surface area contributed by atoms with Gasteiger partial charge in [0.25, 0.3) is 11.7 Å². The zero-order valence-electron chi connectivity index (χ0n) is 74.0. The fourth-order valence-corrected chi connectivity index (χ4v) is 18.0. The number of benzene rings is 10. The lowest BCUT2D eigenvalue weighted by Gasteiger charge is -2.47. The van der Waals surface area contributed by atoms with E-state index in [1.165, 1.54) is 79.6 Å². The Hall–Kier alpha value is -14.4. The number of aromatic hydroxyl groups is 8. The Labute approximate surface area is 763 Å². The van der Waals surface area contributed by atoms with Gasteiger partial charge in [0.05, 0.1) is 79.4 Å². The summed E-state index contributed by atoms with van der Waals surface area (Å²) < 4.78 is 89.3. The fourth-order valence-electron chi connectivity index (χ4n) is 18.0. The number of carbonyl (C=O) groups excluding carboxylic acids is 3. The Kier molecular flexibility index (Phi) is 27.9. The van der Waals surface area contributed by atoms with Crippen LogP contribution in [0.25, 0.3) is 0 Å². The number of rotatable bonds is 3. The second kappa shape index (κ2) is 38.6. The maximum absolute atomic E-state index is 11.4. The molecule has 0 unspecified atom stereocenters. The number of nitrogens with zero attached hydrogens (tertiary/aromatic N) is 12. The molecule has 133 heavy (non-hydrogen) atoms. The number of alkyl halides is 6. The summed E-state index contributed by atoms with van der Waals surface area (Å²) in [6.45, 7) is 25.3. The number of fused-ring (bicyclic) bond motifs is 26. The van der Waals surface area contributed by atoms with E-state index in [0.29, 0.717) is 82.4 Å². The molecule has 11 aliphatic heterocycles. The number of para-hydroxylation sites is 2. The van der Waals surface area contributed by atoms with Crippen molar-refractivity contribution >= 4 is 113 Å². The van der Waals surface area contributed by atoms with Crippen molar-refractivity contribution in [2.45, 2.75) is 111 Å². The van der Waals surface area contributed by atoms with Crippen molar-refractivity contribution in [1.29, 1.82) is 0 Å². The molecule has 21 rings (SSSR count). The molecule has 11 heterocycles. The summed E-state index contributed by atoms with van der Waals surface area (Å²) >= 11 is 0. The van der Waals surface area contributed by atoms with Gasteiger partial charge in [0.1, 0.15) is 46.0 Å². The molecule has 0 saturated heterocycles. The summed E-state index contributed by atoms with van der Waals surface area (Å²) in [5.41, 5.74) is 35.6. The number of hydrogen-bond donors (Lipinski definition) is 15. The quantitative estimate of drug-likeness (QED) is 0.0149. The van der Waals surface area contributed by atoms with Gasteiger partial charge in [-0.05, 0) is 228 Å². The van der Waals surface area contributed by atoms with Crippen LogP contribution in [0.5, 0.6) is 46.0 Å². The van der Waals surface area contributed by atoms with Crippen LogP contribution in [0, 0.1) is 0 Å². The maximum Gasteiger partial charge on any atom is 0.522 e. The van der Waals surface area contributed by atoms with Gasteiger partial charge in [0.15, 0.2) is 0 Å². The van der Waals surface area contributed by atoms with Crippen molar-refractivity contribution in [3.8, 4) is 46.0 Å². The molecule has 11 aliphatic rings. The maximum atomic E-state index is 11.4. The van der Waals surface area contributed by atoms with Crippen LogP contribution in [0.1, 0.15) is 101 Å². The topological polar surface area (TPSA) is 446 Å². The predicted molar refractivity (Wildman–Crippen MR) is 497 cm³/mol. The van der Waals surface area contributed by atoms with E-state index in [2.05, 4.69) is 111 Å². The average molecular weight is 1860 g/mol. The second-order valence-corrected chi connectivity index (χ2v) is 35.3. The van der Waals surface area contributed by atoms with Gasteiger partial charge in [-0.15, -0.1) is 0 Å². The number of aliphatic carboxylic acids is 1. The number of Topliss-reactive ketones (excluding diaryl/α,β-unsaturated/α-hetero) is 1. The molecule has 10 aromatic carbocycles. The van der Waals surface area contributed by atoms with Gasteiger partial charge in [-0.3, -0.25) is 33.6 Å². The van der Waals surface area contributed by atoms with Gasteiger partial charge in [-0.2, -0.15) is 34.8 Å². The van der Waals surface area contributed by atoms with Gasteiger partial charge in [-0.1, -0.05) is 30.3 Å². The standard InChI is InChI=1S/3C20H24N4O2.C10H11NO.C8H5NO2.C6H8N2O.C6H7NO.C2HF3O2.CHF3O3S/c3*1-3-22-11-21(2)8-14-7-18(26)20-16(19(14)22)10-23-12-24(20)9-13-6-15(25)4-5-17(13)23;1-10(2)7-5-3-4-6-8(7)11-9(10)12;10-7-5-3-1-2-4-6(5)9-8(7)11;7-4-1-2-6(9)5(8)3-4;7-5-1-3-6(8)4-2-5;3-2(4,5)1(6)7;2-1(3,4)8(5,6)7/h3*4-7,25-26H,3,8-12H2,1-2H3;3-6H,1-2H3,(H,11,12);1-4H,(H,9,10,11);1-3,9H,7-8H2;1-4,8H,7H2;(H,6,7);(H,5,6,7). The minimum Gasteiger partial charge on any atom is -0.508 e. The Morgan fingerprint density at radius 3 is 1.08 bits per heavy atom. The molecule has 0 aromatic heterocycles. The third-order valence-corrected chi connectivity index (χ3v) is 24.4. The molecule has 10 aromatic rings. The minimum absolute atomic E-state index is 0.0733. The number of carboxylic acid groups (broad SMARTS) is 1. The zero-order chi connectivity index (χ0) is 96.5. The van der Waals surface area contributed by atoms with E-state index in [9.17, 15) is 71.4 Å². The highest BCUT2D eigenvalue weighted by Gasteiger charge is 2.46. The van der Waals surface area contributed by atoms with Gasteiger partial charge in [0, 0.05) is 146 Å². The molecule has 0 radical (unpaired) electrons. The summed E-state index contributed by atoms with van der Waals surface area (Å²) in [6.07, 6.45) is -5.08. The van der Waals surface area contributed by atoms with E-state index in [-0.39, 0.29) is 22.8 Å². The average Bonchev–Trinajstić information content (AvgIpc) is 1.09. The highest BCUT2D eigenvalue weighted by Crippen LogP contribution is 2.54. The van der Waals surface area contributed by atoms with E-state index in [0.717, 1.165) is 144 Å². The number of carbonyl (C=O) groups is 4. The summed E-state index contributed by atoms with van der Waals surface area (Å²) in [6, 6.07) is 48.3. The van der Waals surface area contributed by atoms with Crippen molar-refractivity contribution in [2.75, 3.05) is 153 Å². The van der Waals surface area contributed by atoms with Gasteiger partial charge < -0.3 is 118 Å². The molecule has 0 spiro atoms. The lowest BCUT2D eigenvalue weighted by atomic mass is 9.86. The van der Waals surface area contributed by atoms with Crippen molar-refractivity contribution in [3.63, 3.8) is 0 Å². The molecule has 2 amide bonds. The second-order valence-electron chi connectivity index (χ2n) is 33.9. The first kappa shape index (κ1) is 96.2. The number of hydrogen-bond acceptors (Lipinski definition) is 29. The Morgan fingerprint density at radius 2 is 0.759 bits per heavy atom. The van der Waals surface area contributed by atoms with E-state index in [4.69, 9.17) is 50.3 Å². The number of amides is 2. The van der Waals surface area contributed by atoms with Crippen molar-refractivity contribution in [3.05, 3.63) is 225 Å². The molecular weight excluding hydrogens is 1760 g/mol. The number of nitrogens with one attached hydrogen (secondary N) is 2. The van der Waals surface area contributed by atoms with Crippen LogP contribution in [0.15, 0.2) is 164 Å². The van der Waals surface area contributed by atoms with E-state index < -0.39 is 39.5 Å². The highest BCUT2D eigenvalue weighted by molar-refractivity contribution is 7.86. The number of halogens is 6. The summed E-state index contributed by atoms with van der Waals surface area (Å²) in [7, 11) is 0.513. The van der Waals surface area contributed by atoms with Crippen molar-refractivity contribution < 1.29 is 104 Å². The predicted octanol–water partition coefficient (Wildman–Crippen LogP) is 13.2. The molecule has 40 heteroatoms. The molecule has 0 saturated carbocycles. The molecule has 6 bridgehead atoms. The number of nitrogens with two attached hydrogens (primary N) is 3. The van der Waals surface area contributed by atoms with Gasteiger partial charge in [-0.25, -0.2) is 4.79 Å². The van der Waals surface area contributed by atoms with Crippen LogP contribution < -0.4 is 71.9 Å². The number of phenolic OH excluding ortho intramolecular Hbond substituents is 8. The Morgan fingerprint density at radius 1 is 0.414 bits per heavy atom. The number of anilines is 14. The smallest absolute Gasteiger partial charge is 0.508 e. The minimum atomic E-state index is -5.84. The third kappa shape index (κ3) is 20.9. The fraction of sp³-hybridized carbons (Fsp3) is 0.312. The SMILES string of the molecule is CC1(C)C(=O)Nc2ccccc21.CCN1CN(C)Cc2cc(O)c3c(c21)CN1CN3Cc2cc(O)ccc21.CCN1CN(C)Cc2cc(O)c3c(c21)CN1CN3Cc2cc(O)ccc21.CCN1CN(C)Cc2cc(O)c3c(c21)CN1CN3Cc2cc(O)ccc21.Nc1ccc(O)c(N)c1.Nc1ccc(O)cc1.O=C(O)C(F)(F)F.O=C1Nc2ccccc2C1=O.O=S(=O)(O)C(F)(F)F. The molecular formula is C93H105F6N17O16S. The van der Waals surface area contributed by atoms with Crippen LogP contribution >= 0.6 is 0 Å². The molecule has 0 fully saturated rings. The normalized spacial score (nSPS) is 16.3. The number of ketones is 1. The van der Waals surface area contributed by atoms with Crippen LogP contribution in [-0.2, 0) is 88.8 Å². The molecule has 0 atom stereocenters.